The van der Waals surface area contributed by atoms with Crippen LogP contribution >= 0.6 is 0 Å². The molecule has 0 bridgehead atoms. The zero-order valence-corrected chi connectivity index (χ0v) is 12.5. The Bertz CT molecular complexity index is 429. The van der Waals surface area contributed by atoms with E-state index in [9.17, 15) is 4.79 Å². The molecule has 0 radical (unpaired) electrons. The summed E-state index contributed by atoms with van der Waals surface area (Å²) in [5.74, 6) is 0. The van der Waals surface area contributed by atoms with Gasteiger partial charge < -0.3 is 16.0 Å². The van der Waals surface area contributed by atoms with Gasteiger partial charge in [-0.15, -0.1) is 0 Å². The van der Waals surface area contributed by atoms with E-state index in [0.29, 0.717) is 0 Å². The number of urea groups is 1. The van der Waals surface area contributed by atoms with E-state index in [-0.39, 0.29) is 17.6 Å². The average molecular weight is 263 g/mol. The van der Waals surface area contributed by atoms with E-state index in [4.69, 9.17) is 0 Å². The van der Waals surface area contributed by atoms with Gasteiger partial charge in [0.2, 0.25) is 0 Å². The normalized spacial score (nSPS) is 12.9. The number of anilines is 1. The van der Waals surface area contributed by atoms with Gasteiger partial charge in [-0.25, -0.2) is 4.79 Å². The summed E-state index contributed by atoms with van der Waals surface area (Å²) in [5.41, 5.74) is 1.76. The number of amides is 2. The van der Waals surface area contributed by atoms with Gasteiger partial charge in [0.25, 0.3) is 0 Å². The van der Waals surface area contributed by atoms with E-state index >= 15 is 0 Å². The van der Waals surface area contributed by atoms with Gasteiger partial charge in [0.05, 0.1) is 0 Å². The predicted octanol–water partition coefficient (Wildman–Crippen LogP) is 3.28. The Labute approximate surface area is 116 Å². The van der Waals surface area contributed by atoms with Gasteiger partial charge in [0.1, 0.15) is 0 Å². The Balaban J connectivity index is 2.69. The van der Waals surface area contributed by atoms with E-state index in [0.717, 1.165) is 17.7 Å². The first kappa shape index (κ1) is 15.5. The van der Waals surface area contributed by atoms with Gasteiger partial charge in [0, 0.05) is 17.3 Å². The van der Waals surface area contributed by atoms with E-state index in [1.54, 1.807) is 0 Å². The molecule has 0 heterocycles. The predicted molar refractivity (Wildman–Crippen MR) is 80.4 cm³/mol. The lowest BCUT2D eigenvalue weighted by atomic mass is 10.0. The van der Waals surface area contributed by atoms with Crippen LogP contribution in [0.4, 0.5) is 10.5 Å². The van der Waals surface area contributed by atoms with Crippen LogP contribution < -0.4 is 16.0 Å². The number of carbonyl (C=O) groups excluding carboxylic acids is 1. The van der Waals surface area contributed by atoms with E-state index in [2.05, 4.69) is 29.8 Å². The number of hydrogen-bond acceptors (Lipinski definition) is 2. The summed E-state index contributed by atoms with van der Waals surface area (Å²) in [7, 11) is 1.92. The molecule has 1 atom stereocenters. The lowest BCUT2D eigenvalue weighted by Gasteiger charge is -2.24. The van der Waals surface area contributed by atoms with Crippen molar-refractivity contribution in [2.75, 3.05) is 12.4 Å². The molecule has 1 unspecified atom stereocenters. The monoisotopic (exact) mass is 263 g/mol. The molecule has 1 aromatic rings. The number of hydrogen-bond donors (Lipinski definition) is 3. The van der Waals surface area contributed by atoms with E-state index < -0.39 is 0 Å². The van der Waals surface area contributed by atoms with Crippen molar-refractivity contribution < 1.29 is 4.79 Å². The maximum Gasteiger partial charge on any atom is 0.319 e. The highest BCUT2D eigenvalue weighted by atomic mass is 16.2. The molecule has 0 aliphatic heterocycles. The summed E-state index contributed by atoms with van der Waals surface area (Å²) in [4.78, 5) is 11.9. The molecular weight excluding hydrogens is 238 g/mol. The maximum atomic E-state index is 11.9. The Kier molecular flexibility index (Phi) is 5.36. The van der Waals surface area contributed by atoms with Crippen molar-refractivity contribution in [2.45, 2.75) is 45.7 Å². The summed E-state index contributed by atoms with van der Waals surface area (Å²) < 4.78 is 0. The highest BCUT2D eigenvalue weighted by molar-refractivity contribution is 5.89. The lowest BCUT2D eigenvalue weighted by Crippen LogP contribution is -2.45. The molecule has 0 aliphatic rings. The molecule has 0 aromatic heterocycles. The smallest absolute Gasteiger partial charge is 0.319 e. The van der Waals surface area contributed by atoms with Crippen molar-refractivity contribution in [2.24, 2.45) is 0 Å². The molecule has 0 saturated heterocycles. The molecule has 4 nitrogen and oxygen atoms in total. The van der Waals surface area contributed by atoms with Gasteiger partial charge in [-0.2, -0.15) is 0 Å². The van der Waals surface area contributed by atoms with Gasteiger partial charge in [0.15, 0.2) is 0 Å². The SMILES string of the molecule is CCC(C)(C)NC(=O)Nc1cccc(C(C)NC)c1. The topological polar surface area (TPSA) is 53.2 Å². The Morgan fingerprint density at radius 2 is 2.05 bits per heavy atom. The fourth-order valence-corrected chi connectivity index (χ4v) is 1.61. The molecule has 1 rings (SSSR count). The third-order valence-electron chi connectivity index (χ3n) is 3.41. The van der Waals surface area contributed by atoms with Gasteiger partial charge >= 0.3 is 6.03 Å². The fourth-order valence-electron chi connectivity index (χ4n) is 1.61. The number of rotatable bonds is 5. The highest BCUT2D eigenvalue weighted by Crippen LogP contribution is 2.17. The van der Waals surface area contributed by atoms with Crippen molar-refractivity contribution in [1.29, 1.82) is 0 Å². The third kappa shape index (κ3) is 4.91. The second kappa shape index (κ2) is 6.57. The lowest BCUT2D eigenvalue weighted by molar-refractivity contribution is 0.240. The standard InChI is InChI=1S/C15H25N3O/c1-6-15(3,4)18-14(19)17-13-9-7-8-12(10-13)11(2)16-5/h7-11,16H,6H2,1-5H3,(H2,17,18,19). The number of carbonyl (C=O) groups is 1. The first-order valence-corrected chi connectivity index (χ1v) is 6.74. The zero-order valence-electron chi connectivity index (χ0n) is 12.5. The molecule has 0 spiro atoms. The number of nitrogens with one attached hydrogen (secondary N) is 3. The molecule has 1 aromatic carbocycles. The van der Waals surface area contributed by atoms with E-state index in [1.165, 1.54) is 0 Å². The van der Waals surface area contributed by atoms with Crippen molar-refractivity contribution in [3.63, 3.8) is 0 Å². The largest absolute Gasteiger partial charge is 0.333 e. The molecule has 19 heavy (non-hydrogen) atoms. The van der Waals surface area contributed by atoms with E-state index in [1.807, 2.05) is 45.2 Å². The quantitative estimate of drug-likeness (QED) is 0.763. The summed E-state index contributed by atoms with van der Waals surface area (Å²) in [6.07, 6.45) is 0.886. The second-order valence-electron chi connectivity index (χ2n) is 5.45. The Hall–Kier alpha value is -1.55. The molecule has 106 valence electrons. The van der Waals surface area contributed by atoms with Crippen molar-refractivity contribution in [3.8, 4) is 0 Å². The molecular formula is C15H25N3O. The van der Waals surface area contributed by atoms with Crippen molar-refractivity contribution in [1.82, 2.24) is 10.6 Å². The molecule has 3 N–H and O–H groups in total. The van der Waals surface area contributed by atoms with Crippen molar-refractivity contribution >= 4 is 11.7 Å². The van der Waals surface area contributed by atoms with Crippen LogP contribution in [0, 0.1) is 0 Å². The van der Waals surface area contributed by atoms with Crippen LogP contribution in [-0.4, -0.2) is 18.6 Å². The molecule has 0 aliphatic carbocycles. The van der Waals surface area contributed by atoms with Crippen LogP contribution in [0.5, 0.6) is 0 Å². The minimum Gasteiger partial charge on any atom is -0.333 e. The molecule has 0 saturated carbocycles. The van der Waals surface area contributed by atoms with Gasteiger partial charge in [-0.05, 0) is 51.9 Å². The van der Waals surface area contributed by atoms with Crippen LogP contribution in [-0.2, 0) is 0 Å². The summed E-state index contributed by atoms with van der Waals surface area (Å²) >= 11 is 0. The second-order valence-corrected chi connectivity index (χ2v) is 5.45. The van der Waals surface area contributed by atoms with Gasteiger partial charge in [-0.3, -0.25) is 0 Å². The van der Waals surface area contributed by atoms with Gasteiger partial charge in [-0.1, -0.05) is 19.1 Å². The zero-order chi connectivity index (χ0) is 14.5. The minimum absolute atomic E-state index is 0.166. The van der Waals surface area contributed by atoms with Crippen LogP contribution in [0.15, 0.2) is 24.3 Å². The highest BCUT2D eigenvalue weighted by Gasteiger charge is 2.17. The third-order valence-corrected chi connectivity index (χ3v) is 3.41. The van der Waals surface area contributed by atoms with Crippen LogP contribution in [0.1, 0.15) is 45.7 Å². The molecule has 4 heteroatoms. The van der Waals surface area contributed by atoms with Crippen LogP contribution in [0.3, 0.4) is 0 Å². The summed E-state index contributed by atoms with van der Waals surface area (Å²) in [6.45, 7) is 8.15. The molecule has 2 amide bonds. The Morgan fingerprint density at radius 3 is 2.63 bits per heavy atom. The molecule has 0 fully saturated rings. The van der Waals surface area contributed by atoms with Crippen molar-refractivity contribution in [3.05, 3.63) is 29.8 Å². The first-order chi connectivity index (χ1) is 8.88. The van der Waals surface area contributed by atoms with Crippen LogP contribution in [0.25, 0.3) is 0 Å². The Morgan fingerprint density at radius 1 is 1.37 bits per heavy atom. The fraction of sp³-hybridized carbons (Fsp3) is 0.533. The maximum absolute atomic E-state index is 11.9. The summed E-state index contributed by atoms with van der Waals surface area (Å²) in [6, 6.07) is 7.96. The minimum atomic E-state index is -0.194. The summed E-state index contributed by atoms with van der Waals surface area (Å²) in [5, 5.41) is 9.01. The number of benzene rings is 1. The van der Waals surface area contributed by atoms with Crippen LogP contribution in [0.2, 0.25) is 0 Å². The first-order valence-electron chi connectivity index (χ1n) is 6.74. The average Bonchev–Trinajstić information content (AvgIpc) is 2.37.